The third-order valence-corrected chi connectivity index (χ3v) is 2.15. The molecule has 0 fully saturated rings. The molecule has 0 spiro atoms. The maximum Gasteiger partial charge on any atom is 0.418 e. The summed E-state index contributed by atoms with van der Waals surface area (Å²) in [4.78, 5) is 10.8. The van der Waals surface area contributed by atoms with Gasteiger partial charge in [0.2, 0.25) is 0 Å². The van der Waals surface area contributed by atoms with Gasteiger partial charge in [-0.2, -0.15) is 18.3 Å². The van der Waals surface area contributed by atoms with Crippen LogP contribution < -0.4 is 5.43 Å². The highest BCUT2D eigenvalue weighted by Gasteiger charge is 2.33. The molecule has 6 heteroatoms. The molecule has 3 nitrogen and oxygen atoms in total. The molecule has 2 rings (SSSR count). The zero-order valence-corrected chi connectivity index (χ0v) is 8.48. The van der Waals surface area contributed by atoms with Gasteiger partial charge in [0.1, 0.15) is 0 Å². The lowest BCUT2D eigenvalue weighted by Crippen LogP contribution is -2.13. The van der Waals surface area contributed by atoms with E-state index in [1.165, 1.54) is 24.4 Å². The molecule has 88 valence electrons. The molecule has 0 aliphatic carbocycles. The van der Waals surface area contributed by atoms with Crippen molar-refractivity contribution < 1.29 is 13.2 Å². The minimum absolute atomic E-state index is 0.111. The number of rotatable bonds is 1. The molecule has 17 heavy (non-hydrogen) atoms. The first kappa shape index (κ1) is 11.4. The fourth-order valence-electron chi connectivity index (χ4n) is 1.40. The number of aromatic nitrogens is 2. The fraction of sp³-hybridized carbons (Fsp3) is 0.0909. The molecule has 1 heterocycles. The van der Waals surface area contributed by atoms with Gasteiger partial charge in [-0.1, -0.05) is 12.1 Å². The van der Waals surface area contributed by atoms with E-state index in [2.05, 4.69) is 5.10 Å². The zero-order valence-electron chi connectivity index (χ0n) is 8.48. The number of halogens is 3. The summed E-state index contributed by atoms with van der Waals surface area (Å²) in [6.07, 6.45) is -2.29. The van der Waals surface area contributed by atoms with Crippen molar-refractivity contribution >= 4 is 0 Å². The van der Waals surface area contributed by atoms with Crippen LogP contribution >= 0.6 is 0 Å². The molecular formula is C11H7F3N2O. The van der Waals surface area contributed by atoms with Crippen molar-refractivity contribution in [3.05, 3.63) is 58.5 Å². The van der Waals surface area contributed by atoms with E-state index in [9.17, 15) is 18.0 Å². The van der Waals surface area contributed by atoms with E-state index in [0.717, 1.165) is 23.0 Å². The number of alkyl halides is 3. The standard InChI is InChI=1S/C11H7F3N2O/c12-11(13,14)9-3-1-2-4-10(9)16-6-5-8(17)7-15-16/h1-7H. The monoisotopic (exact) mass is 240 g/mol. The molecule has 0 bridgehead atoms. The van der Waals surface area contributed by atoms with Crippen LogP contribution in [0.25, 0.3) is 5.69 Å². The molecule has 1 aromatic carbocycles. The van der Waals surface area contributed by atoms with Crippen LogP contribution in [0.2, 0.25) is 0 Å². The Labute approximate surface area is 94.1 Å². The Morgan fingerprint density at radius 1 is 1.12 bits per heavy atom. The van der Waals surface area contributed by atoms with Crippen LogP contribution in [0.15, 0.2) is 47.5 Å². The average Bonchev–Trinajstić information content (AvgIpc) is 2.29. The maximum atomic E-state index is 12.7. The number of para-hydroxylation sites is 1. The highest BCUT2D eigenvalue weighted by Crippen LogP contribution is 2.33. The third kappa shape index (κ3) is 2.35. The van der Waals surface area contributed by atoms with Crippen molar-refractivity contribution in [2.75, 3.05) is 0 Å². The quantitative estimate of drug-likeness (QED) is 0.766. The second-order valence-electron chi connectivity index (χ2n) is 3.32. The second kappa shape index (κ2) is 4.04. The maximum absolute atomic E-state index is 12.7. The van der Waals surface area contributed by atoms with Gasteiger partial charge in [0.05, 0.1) is 17.4 Å². The molecule has 0 aliphatic rings. The number of hydrogen-bond acceptors (Lipinski definition) is 2. The van der Waals surface area contributed by atoms with Crippen LogP contribution in [0.4, 0.5) is 13.2 Å². The molecule has 0 radical (unpaired) electrons. The van der Waals surface area contributed by atoms with Gasteiger partial charge in [0, 0.05) is 12.3 Å². The fourth-order valence-corrected chi connectivity index (χ4v) is 1.40. The van der Waals surface area contributed by atoms with Gasteiger partial charge >= 0.3 is 6.18 Å². The lowest BCUT2D eigenvalue weighted by Gasteiger charge is -2.13. The Morgan fingerprint density at radius 2 is 1.82 bits per heavy atom. The molecule has 0 unspecified atom stereocenters. The van der Waals surface area contributed by atoms with Crippen LogP contribution in [0, 0.1) is 0 Å². The summed E-state index contributed by atoms with van der Waals surface area (Å²) >= 11 is 0. The lowest BCUT2D eigenvalue weighted by atomic mass is 10.1. The van der Waals surface area contributed by atoms with E-state index < -0.39 is 11.7 Å². The van der Waals surface area contributed by atoms with Crippen LogP contribution in [-0.2, 0) is 6.18 Å². The first-order chi connectivity index (χ1) is 7.98. The SMILES string of the molecule is O=c1ccn(-c2ccccc2C(F)(F)F)nc1. The van der Waals surface area contributed by atoms with Gasteiger partial charge in [0.25, 0.3) is 0 Å². The van der Waals surface area contributed by atoms with Gasteiger partial charge in [-0.15, -0.1) is 0 Å². The Kier molecular flexibility index (Phi) is 2.71. The first-order valence-corrected chi connectivity index (χ1v) is 4.70. The van der Waals surface area contributed by atoms with Crippen molar-refractivity contribution in [2.24, 2.45) is 0 Å². The molecule has 0 N–H and O–H groups in total. The van der Waals surface area contributed by atoms with Crippen molar-refractivity contribution in [1.29, 1.82) is 0 Å². The molecule has 2 aromatic rings. The van der Waals surface area contributed by atoms with Gasteiger partial charge in [-0.05, 0) is 12.1 Å². The van der Waals surface area contributed by atoms with E-state index in [-0.39, 0.29) is 11.1 Å². The van der Waals surface area contributed by atoms with E-state index in [1.807, 2.05) is 0 Å². The van der Waals surface area contributed by atoms with E-state index in [1.54, 1.807) is 0 Å². The Balaban J connectivity index is 2.60. The molecule has 0 amide bonds. The lowest BCUT2D eigenvalue weighted by molar-refractivity contribution is -0.137. The van der Waals surface area contributed by atoms with Crippen molar-refractivity contribution in [2.45, 2.75) is 6.18 Å². The van der Waals surface area contributed by atoms with E-state index in [4.69, 9.17) is 0 Å². The largest absolute Gasteiger partial charge is 0.418 e. The topological polar surface area (TPSA) is 34.9 Å². The molecule has 0 aliphatic heterocycles. The second-order valence-corrected chi connectivity index (χ2v) is 3.32. The van der Waals surface area contributed by atoms with Crippen molar-refractivity contribution in [3.8, 4) is 5.69 Å². The highest BCUT2D eigenvalue weighted by atomic mass is 19.4. The summed E-state index contributed by atoms with van der Waals surface area (Å²) in [6, 6.07) is 6.19. The Morgan fingerprint density at radius 3 is 2.41 bits per heavy atom. The number of benzene rings is 1. The smallest absolute Gasteiger partial charge is 0.288 e. The number of nitrogens with zero attached hydrogens (tertiary/aromatic N) is 2. The predicted molar refractivity (Wildman–Crippen MR) is 54.8 cm³/mol. The average molecular weight is 240 g/mol. The van der Waals surface area contributed by atoms with Gasteiger partial charge in [-0.3, -0.25) is 4.79 Å². The summed E-state index contributed by atoms with van der Waals surface area (Å²) < 4.78 is 39.1. The van der Waals surface area contributed by atoms with Crippen LogP contribution in [0.5, 0.6) is 0 Å². The van der Waals surface area contributed by atoms with Crippen molar-refractivity contribution in [1.82, 2.24) is 9.78 Å². The van der Waals surface area contributed by atoms with Gasteiger partial charge in [-0.25, -0.2) is 4.68 Å². The van der Waals surface area contributed by atoms with Crippen LogP contribution in [0.1, 0.15) is 5.56 Å². The summed E-state index contributed by atoms with van der Waals surface area (Å²) in [6.45, 7) is 0. The minimum atomic E-state index is -4.46. The van der Waals surface area contributed by atoms with E-state index in [0.29, 0.717) is 0 Å². The third-order valence-electron chi connectivity index (χ3n) is 2.15. The first-order valence-electron chi connectivity index (χ1n) is 4.70. The normalized spacial score (nSPS) is 11.5. The Bertz CT molecular complexity index is 569. The van der Waals surface area contributed by atoms with Gasteiger partial charge in [0.15, 0.2) is 5.43 Å². The summed E-state index contributed by atoms with van der Waals surface area (Å²) in [7, 11) is 0. The van der Waals surface area contributed by atoms with Crippen molar-refractivity contribution in [3.63, 3.8) is 0 Å². The summed E-state index contributed by atoms with van der Waals surface area (Å²) in [5.41, 5.74) is -1.26. The molecular weight excluding hydrogens is 233 g/mol. The zero-order chi connectivity index (χ0) is 12.5. The molecule has 0 saturated carbocycles. The summed E-state index contributed by atoms with van der Waals surface area (Å²) in [5, 5.41) is 3.63. The van der Waals surface area contributed by atoms with Crippen LogP contribution in [-0.4, -0.2) is 9.78 Å². The molecule has 1 aromatic heterocycles. The molecule has 0 atom stereocenters. The van der Waals surface area contributed by atoms with E-state index >= 15 is 0 Å². The molecule has 0 saturated heterocycles. The highest BCUT2D eigenvalue weighted by molar-refractivity contribution is 5.41. The van der Waals surface area contributed by atoms with Gasteiger partial charge < -0.3 is 0 Å². The summed E-state index contributed by atoms with van der Waals surface area (Å²) in [5.74, 6) is 0. The predicted octanol–water partition coefficient (Wildman–Crippen LogP) is 2.25. The van der Waals surface area contributed by atoms with Crippen LogP contribution in [0.3, 0.4) is 0 Å². The minimum Gasteiger partial charge on any atom is -0.288 e. The Hall–Kier alpha value is -2.11. The number of hydrogen-bond donors (Lipinski definition) is 0.